The van der Waals surface area contributed by atoms with Crippen LogP contribution in [0.1, 0.15) is 24.2 Å². The van der Waals surface area contributed by atoms with Crippen LogP contribution in [0.2, 0.25) is 0 Å². The predicted octanol–water partition coefficient (Wildman–Crippen LogP) is 3.07. The molecule has 1 atom stereocenters. The number of para-hydroxylation sites is 1. The number of benzene rings is 1. The topological polar surface area (TPSA) is 61.8 Å². The average molecular weight is 483 g/mol. The second kappa shape index (κ2) is 12.5. The number of guanidine groups is 1. The molecule has 0 saturated heterocycles. The van der Waals surface area contributed by atoms with Gasteiger partial charge >= 0.3 is 0 Å². The Morgan fingerprint density at radius 2 is 1.89 bits per heavy atom. The van der Waals surface area contributed by atoms with Gasteiger partial charge in [0.05, 0.1) is 25.4 Å². The number of aliphatic imine (C=N–C) groups is 1. The summed E-state index contributed by atoms with van der Waals surface area (Å²) in [5.74, 6) is 1.67. The molecule has 2 aromatic rings. The van der Waals surface area contributed by atoms with Crippen LogP contribution in [0, 0.1) is 0 Å². The van der Waals surface area contributed by atoms with Crippen molar-refractivity contribution in [2.75, 3.05) is 34.3 Å². The van der Waals surface area contributed by atoms with E-state index in [1.165, 1.54) is 0 Å². The summed E-state index contributed by atoms with van der Waals surface area (Å²) in [5.41, 5.74) is 2.09. The number of ether oxygens (including phenoxy) is 1. The molecule has 0 saturated carbocycles. The molecule has 1 aromatic heterocycles. The van der Waals surface area contributed by atoms with E-state index in [4.69, 9.17) is 4.74 Å². The summed E-state index contributed by atoms with van der Waals surface area (Å²) in [5, 5.41) is 6.72. The minimum Gasteiger partial charge on any atom is -0.496 e. The van der Waals surface area contributed by atoms with Crippen LogP contribution in [0.15, 0.2) is 53.7 Å². The average Bonchev–Trinajstić information content (AvgIpc) is 2.67. The molecule has 0 fully saturated rings. The van der Waals surface area contributed by atoms with Gasteiger partial charge < -0.3 is 20.3 Å². The van der Waals surface area contributed by atoms with Gasteiger partial charge in [-0.05, 0) is 39.2 Å². The lowest BCUT2D eigenvalue weighted by atomic mass is 10.0. The zero-order valence-corrected chi connectivity index (χ0v) is 18.8. The lowest BCUT2D eigenvalue weighted by molar-refractivity contribution is 0.287. The van der Waals surface area contributed by atoms with Crippen molar-refractivity contribution >= 4 is 29.9 Å². The van der Waals surface area contributed by atoms with Crippen LogP contribution >= 0.6 is 24.0 Å². The highest BCUT2D eigenvalue weighted by Gasteiger charge is 2.18. The molecular weight excluding hydrogens is 453 g/mol. The Bertz CT molecular complexity index is 694. The number of aromatic nitrogens is 1. The van der Waals surface area contributed by atoms with E-state index in [0.29, 0.717) is 13.1 Å². The van der Waals surface area contributed by atoms with Crippen molar-refractivity contribution in [2.45, 2.75) is 19.5 Å². The number of nitrogens with one attached hydrogen (secondary N) is 2. The largest absolute Gasteiger partial charge is 0.496 e. The van der Waals surface area contributed by atoms with Crippen molar-refractivity contribution in [3.05, 3.63) is 59.9 Å². The molecule has 27 heavy (non-hydrogen) atoms. The number of halogens is 1. The fourth-order valence-corrected chi connectivity index (χ4v) is 2.70. The molecule has 1 aromatic carbocycles. The highest BCUT2D eigenvalue weighted by atomic mass is 127. The number of hydrogen-bond donors (Lipinski definition) is 2. The summed E-state index contributed by atoms with van der Waals surface area (Å²) in [6.45, 7) is 4.11. The van der Waals surface area contributed by atoms with Gasteiger partial charge in [-0.3, -0.25) is 4.98 Å². The van der Waals surface area contributed by atoms with Crippen LogP contribution in [0.25, 0.3) is 0 Å². The standard InChI is InChI=1S/C20H29N5O.HI/c1-5-21-20(23-14-16-10-8-9-13-22-16)24-15-18(25(2)3)17-11-6-7-12-19(17)26-4;/h6-13,18H,5,14-15H2,1-4H3,(H2,21,23,24);1H. The molecule has 6 nitrogen and oxygen atoms in total. The molecule has 0 bridgehead atoms. The van der Waals surface area contributed by atoms with E-state index in [2.05, 4.69) is 52.6 Å². The lowest BCUT2D eigenvalue weighted by Gasteiger charge is -2.27. The van der Waals surface area contributed by atoms with E-state index < -0.39 is 0 Å². The van der Waals surface area contributed by atoms with Crippen molar-refractivity contribution in [3.63, 3.8) is 0 Å². The van der Waals surface area contributed by atoms with Crippen molar-refractivity contribution < 1.29 is 4.74 Å². The quantitative estimate of drug-likeness (QED) is 0.344. The maximum Gasteiger partial charge on any atom is 0.191 e. The maximum absolute atomic E-state index is 5.53. The van der Waals surface area contributed by atoms with Gasteiger partial charge in [-0.2, -0.15) is 0 Å². The van der Waals surface area contributed by atoms with Crippen LogP contribution in [0.5, 0.6) is 5.75 Å². The number of nitrogens with zero attached hydrogens (tertiary/aromatic N) is 3. The smallest absolute Gasteiger partial charge is 0.191 e. The van der Waals surface area contributed by atoms with E-state index in [0.717, 1.165) is 29.5 Å². The molecule has 0 aliphatic rings. The molecule has 0 aliphatic heterocycles. The van der Waals surface area contributed by atoms with Gasteiger partial charge in [-0.15, -0.1) is 24.0 Å². The summed E-state index contributed by atoms with van der Waals surface area (Å²) in [6, 6.07) is 14.1. The first-order valence-electron chi connectivity index (χ1n) is 8.87. The first-order valence-corrected chi connectivity index (χ1v) is 8.87. The lowest BCUT2D eigenvalue weighted by Crippen LogP contribution is -2.41. The molecule has 2 N–H and O–H groups in total. The van der Waals surface area contributed by atoms with E-state index in [-0.39, 0.29) is 30.0 Å². The molecule has 7 heteroatoms. The maximum atomic E-state index is 5.53. The van der Waals surface area contributed by atoms with Crippen LogP contribution in [-0.2, 0) is 6.54 Å². The third kappa shape index (κ3) is 7.34. The Labute approximate surface area is 179 Å². The van der Waals surface area contributed by atoms with Crippen molar-refractivity contribution in [1.82, 2.24) is 20.5 Å². The van der Waals surface area contributed by atoms with Gasteiger partial charge in [-0.25, -0.2) is 4.99 Å². The van der Waals surface area contributed by atoms with Crippen LogP contribution in [0.4, 0.5) is 0 Å². The number of pyridine rings is 1. The summed E-state index contributed by atoms with van der Waals surface area (Å²) in [6.07, 6.45) is 1.79. The van der Waals surface area contributed by atoms with E-state index in [9.17, 15) is 0 Å². The summed E-state index contributed by atoms with van der Waals surface area (Å²) in [4.78, 5) is 11.1. The Balaban J connectivity index is 0.00000364. The van der Waals surface area contributed by atoms with Crippen LogP contribution in [-0.4, -0.2) is 50.1 Å². The highest BCUT2D eigenvalue weighted by molar-refractivity contribution is 14.0. The SMILES string of the molecule is CCNC(=NCc1ccccn1)NCC(c1ccccc1OC)N(C)C.I. The normalized spacial score (nSPS) is 12.3. The van der Waals surface area contributed by atoms with E-state index in [1.54, 1.807) is 13.3 Å². The summed E-state index contributed by atoms with van der Waals surface area (Å²) < 4.78 is 5.53. The molecule has 0 amide bonds. The number of rotatable bonds is 8. The van der Waals surface area contributed by atoms with Crippen LogP contribution in [0.3, 0.4) is 0 Å². The van der Waals surface area contributed by atoms with E-state index >= 15 is 0 Å². The molecule has 148 valence electrons. The number of methoxy groups -OCH3 is 1. The monoisotopic (exact) mass is 483 g/mol. The third-order valence-electron chi connectivity index (χ3n) is 4.05. The van der Waals surface area contributed by atoms with Crippen molar-refractivity contribution in [1.29, 1.82) is 0 Å². The predicted molar refractivity (Wildman–Crippen MR) is 122 cm³/mol. The third-order valence-corrected chi connectivity index (χ3v) is 4.05. The van der Waals surface area contributed by atoms with Crippen molar-refractivity contribution in [3.8, 4) is 5.75 Å². The highest BCUT2D eigenvalue weighted by Crippen LogP contribution is 2.27. The van der Waals surface area contributed by atoms with Crippen molar-refractivity contribution in [2.24, 2.45) is 4.99 Å². The second-order valence-corrected chi connectivity index (χ2v) is 6.12. The summed E-state index contributed by atoms with van der Waals surface area (Å²) in [7, 11) is 5.84. The second-order valence-electron chi connectivity index (χ2n) is 6.12. The van der Waals surface area contributed by atoms with Gasteiger partial charge in [0.2, 0.25) is 0 Å². The Morgan fingerprint density at radius 3 is 2.52 bits per heavy atom. The van der Waals surface area contributed by atoms with Gasteiger partial charge in [0.15, 0.2) is 5.96 Å². The minimum absolute atomic E-state index is 0. The van der Waals surface area contributed by atoms with Gasteiger partial charge in [-0.1, -0.05) is 24.3 Å². The summed E-state index contributed by atoms with van der Waals surface area (Å²) >= 11 is 0. The first kappa shape index (κ1) is 23.2. The van der Waals surface area contributed by atoms with Gasteiger partial charge in [0.25, 0.3) is 0 Å². The Hall–Kier alpha value is -1.87. The van der Waals surface area contributed by atoms with Crippen LogP contribution < -0.4 is 15.4 Å². The number of hydrogen-bond acceptors (Lipinski definition) is 4. The van der Waals surface area contributed by atoms with E-state index in [1.807, 2.05) is 36.4 Å². The zero-order valence-electron chi connectivity index (χ0n) is 16.5. The Morgan fingerprint density at radius 1 is 1.15 bits per heavy atom. The first-order chi connectivity index (χ1) is 12.7. The molecule has 0 radical (unpaired) electrons. The molecule has 1 unspecified atom stereocenters. The minimum atomic E-state index is 0. The fraction of sp³-hybridized carbons (Fsp3) is 0.400. The zero-order chi connectivity index (χ0) is 18.8. The van der Waals surface area contributed by atoms with Gasteiger partial charge in [0, 0.05) is 24.8 Å². The Kier molecular flexibility index (Phi) is 10.7. The number of likely N-dealkylation sites (N-methyl/N-ethyl adjacent to an activating group) is 1. The molecule has 2 rings (SSSR count). The molecule has 0 aliphatic carbocycles. The van der Waals surface area contributed by atoms with Gasteiger partial charge in [0.1, 0.15) is 5.75 Å². The fourth-order valence-electron chi connectivity index (χ4n) is 2.70. The molecule has 0 spiro atoms. The molecule has 1 heterocycles. The molecular formula is C20H30IN5O.